The van der Waals surface area contributed by atoms with E-state index in [1.165, 1.54) is 0 Å². The number of methoxy groups -OCH3 is 3. The molecule has 5 aliphatic rings. The van der Waals surface area contributed by atoms with Crippen molar-refractivity contribution < 1.29 is 23.8 Å². The Kier molecular flexibility index (Phi) is 9.99. The molecule has 0 radical (unpaired) electrons. The Morgan fingerprint density at radius 2 is 1.77 bits per heavy atom. The van der Waals surface area contributed by atoms with Gasteiger partial charge in [-0.15, -0.1) is 23.4 Å². The minimum Gasteiger partial charge on any atom is -0.380 e. The molecule has 12 atom stereocenters. The average molecular weight is 589 g/mol. The molecule has 0 aliphatic carbocycles. The maximum atomic E-state index is 13.6. The van der Waals surface area contributed by atoms with E-state index in [2.05, 4.69) is 33.5 Å². The van der Waals surface area contributed by atoms with Crippen LogP contribution >= 0.6 is 23.4 Å². The highest BCUT2D eigenvalue weighted by molar-refractivity contribution is 8.00. The number of hydrogen-bond acceptors (Lipinski definition) is 10. The van der Waals surface area contributed by atoms with Crippen LogP contribution in [0.15, 0.2) is 0 Å². The van der Waals surface area contributed by atoms with Crippen molar-refractivity contribution >= 4 is 35.2 Å². The summed E-state index contributed by atoms with van der Waals surface area (Å²) in [7, 11) is 5.04. The lowest BCUT2D eigenvalue weighted by molar-refractivity contribution is -0.147. The minimum absolute atomic E-state index is 0.0462. The monoisotopic (exact) mass is 588 g/mol. The number of hydrogen-bond donors (Lipinski definition) is 5. The largest absolute Gasteiger partial charge is 0.380 e. The molecule has 0 spiro atoms. The molecule has 0 aromatic carbocycles. The summed E-state index contributed by atoms with van der Waals surface area (Å²) in [6.07, 6.45) is 2.82. The molecule has 222 valence electrons. The number of amides is 2. The molecule has 5 heterocycles. The zero-order valence-electron chi connectivity index (χ0n) is 23.4. The van der Waals surface area contributed by atoms with Gasteiger partial charge in [-0.25, -0.2) is 0 Å². The minimum atomic E-state index is -0.351. The third kappa shape index (κ3) is 6.54. The number of thioether (sulfide) groups is 1. The van der Waals surface area contributed by atoms with Gasteiger partial charge in [0.2, 0.25) is 11.8 Å². The summed E-state index contributed by atoms with van der Waals surface area (Å²) < 4.78 is 16.8. The van der Waals surface area contributed by atoms with E-state index in [9.17, 15) is 9.59 Å². The van der Waals surface area contributed by atoms with E-state index in [0.717, 1.165) is 25.7 Å². The van der Waals surface area contributed by atoms with Crippen LogP contribution in [0.3, 0.4) is 0 Å². The Hall–Kier alpha value is -0.700. The predicted octanol–water partition coefficient (Wildman–Crippen LogP) is 0.0502. The third-order valence-corrected chi connectivity index (χ3v) is 11.0. The van der Waals surface area contributed by atoms with Crippen LogP contribution in [0.5, 0.6) is 0 Å². The lowest BCUT2D eigenvalue weighted by Gasteiger charge is -2.45. The zero-order chi connectivity index (χ0) is 27.7. The van der Waals surface area contributed by atoms with Gasteiger partial charge in [-0.2, -0.15) is 0 Å². The lowest BCUT2D eigenvalue weighted by Crippen LogP contribution is -2.57. The molecule has 12 unspecified atom stereocenters. The Balaban J connectivity index is 1.15. The molecule has 5 N–H and O–H groups in total. The normalized spacial score (nSPS) is 44.7. The van der Waals surface area contributed by atoms with Gasteiger partial charge in [0.05, 0.1) is 23.4 Å². The maximum Gasteiger partial charge on any atom is 0.229 e. The molecule has 0 aromatic rings. The Bertz CT molecular complexity index is 863. The van der Waals surface area contributed by atoms with Crippen LogP contribution in [-0.2, 0) is 23.8 Å². The number of likely N-dealkylation sites (tertiary alicyclic amines) is 1. The Morgan fingerprint density at radius 1 is 0.949 bits per heavy atom. The molecule has 5 fully saturated rings. The molecule has 5 rings (SSSR count). The molecule has 0 saturated carbocycles. The van der Waals surface area contributed by atoms with E-state index in [-0.39, 0.29) is 76.3 Å². The van der Waals surface area contributed by atoms with Crippen molar-refractivity contribution in [2.75, 3.05) is 47.5 Å². The fourth-order valence-corrected chi connectivity index (χ4v) is 8.92. The van der Waals surface area contributed by atoms with Gasteiger partial charge in [0.15, 0.2) is 0 Å². The van der Waals surface area contributed by atoms with Crippen molar-refractivity contribution in [3.63, 3.8) is 0 Å². The highest BCUT2D eigenvalue weighted by Crippen LogP contribution is 2.39. The van der Waals surface area contributed by atoms with Crippen molar-refractivity contribution in [1.29, 1.82) is 0 Å². The first kappa shape index (κ1) is 29.8. The smallest absolute Gasteiger partial charge is 0.229 e. The molecule has 13 heteroatoms. The number of carbonyl (C=O) groups is 2. The Morgan fingerprint density at radius 3 is 2.49 bits per heavy atom. The summed E-state index contributed by atoms with van der Waals surface area (Å²) in [5, 5.41) is 17.2. The molecular formula is C26H45ClN6O5S. The van der Waals surface area contributed by atoms with Gasteiger partial charge >= 0.3 is 0 Å². The zero-order valence-corrected chi connectivity index (χ0v) is 24.9. The number of rotatable bonds is 7. The maximum absolute atomic E-state index is 13.6. The number of fused-ring (bicyclic) bond motifs is 1. The summed E-state index contributed by atoms with van der Waals surface area (Å²) in [4.78, 5) is 28.9. The van der Waals surface area contributed by atoms with Gasteiger partial charge in [0.25, 0.3) is 0 Å². The molecule has 0 bridgehead atoms. The van der Waals surface area contributed by atoms with E-state index in [0.29, 0.717) is 32.2 Å². The average Bonchev–Trinajstić information content (AvgIpc) is 3.51. The molecular weight excluding hydrogens is 544 g/mol. The van der Waals surface area contributed by atoms with Gasteiger partial charge in [-0.05, 0) is 44.4 Å². The second-order valence-electron chi connectivity index (χ2n) is 11.7. The molecule has 5 aliphatic heterocycles. The lowest BCUT2D eigenvalue weighted by atomic mass is 9.70. The Labute approximate surface area is 240 Å². The standard InChI is InChI=1S/C26H45ClN6O5S/c1-13-7-15(16-8-21(27)29-10-19(16)36-2)17(9-28-13)23(34)32-26-30-18-11-33(12-20(18)39-26)25(35)14-5-6-22(37-3)31-24(14)38-4/h13-22,24,26,28-31H,5-12H2,1-4H3,(H,32,34). The van der Waals surface area contributed by atoms with Gasteiger partial charge in [-0.1, -0.05) is 0 Å². The second-order valence-corrected chi connectivity index (χ2v) is 13.6. The number of halogens is 1. The number of ether oxygens (including phenoxy) is 3. The summed E-state index contributed by atoms with van der Waals surface area (Å²) in [5.74, 6) is 0.250. The van der Waals surface area contributed by atoms with E-state index in [4.69, 9.17) is 25.8 Å². The second kappa shape index (κ2) is 13.1. The summed E-state index contributed by atoms with van der Waals surface area (Å²) in [6.45, 7) is 4.84. The van der Waals surface area contributed by atoms with Crippen LogP contribution in [-0.4, -0.2) is 111 Å². The number of piperidine rings is 3. The molecule has 39 heavy (non-hydrogen) atoms. The number of nitrogens with zero attached hydrogens (tertiary/aromatic N) is 1. The first-order chi connectivity index (χ1) is 18.8. The van der Waals surface area contributed by atoms with Gasteiger partial charge < -0.3 is 29.7 Å². The first-order valence-electron chi connectivity index (χ1n) is 14.3. The predicted molar refractivity (Wildman–Crippen MR) is 150 cm³/mol. The van der Waals surface area contributed by atoms with Crippen molar-refractivity contribution in [2.24, 2.45) is 23.7 Å². The molecule has 5 saturated heterocycles. The van der Waals surface area contributed by atoms with E-state index >= 15 is 0 Å². The highest BCUT2D eigenvalue weighted by atomic mass is 35.5. The van der Waals surface area contributed by atoms with Crippen molar-refractivity contribution in [1.82, 2.24) is 31.5 Å². The van der Waals surface area contributed by atoms with Crippen molar-refractivity contribution in [3.8, 4) is 0 Å². The SMILES string of the molecule is COC1CCC(C(=O)N2CC3NC(NC(=O)C4CNC(C)CC4C4CC(Cl)NCC4OC)SC3C2)C(OC)N1. The van der Waals surface area contributed by atoms with Crippen molar-refractivity contribution in [2.45, 2.75) is 79.5 Å². The number of carbonyl (C=O) groups excluding carboxylic acids is 2. The number of alkyl halides is 1. The summed E-state index contributed by atoms with van der Waals surface area (Å²) in [5.41, 5.74) is -0.264. The van der Waals surface area contributed by atoms with Crippen LogP contribution in [0, 0.1) is 23.7 Å². The third-order valence-electron chi connectivity index (χ3n) is 9.35. The fourth-order valence-electron chi connectivity index (χ4n) is 7.22. The van der Waals surface area contributed by atoms with Crippen LogP contribution in [0.25, 0.3) is 0 Å². The topological polar surface area (TPSA) is 125 Å². The van der Waals surface area contributed by atoms with Gasteiger partial charge in [0, 0.05) is 64.8 Å². The van der Waals surface area contributed by atoms with E-state index in [1.807, 2.05) is 4.90 Å². The van der Waals surface area contributed by atoms with Gasteiger partial charge in [0.1, 0.15) is 18.0 Å². The van der Waals surface area contributed by atoms with E-state index < -0.39 is 0 Å². The van der Waals surface area contributed by atoms with Crippen LogP contribution in [0.1, 0.15) is 32.6 Å². The number of nitrogens with one attached hydrogen (secondary N) is 5. The van der Waals surface area contributed by atoms with E-state index in [1.54, 1.807) is 33.1 Å². The van der Waals surface area contributed by atoms with Crippen LogP contribution in [0.2, 0.25) is 0 Å². The van der Waals surface area contributed by atoms with Crippen molar-refractivity contribution in [3.05, 3.63) is 0 Å². The molecule has 0 aromatic heterocycles. The summed E-state index contributed by atoms with van der Waals surface area (Å²) in [6, 6.07) is 0.493. The highest BCUT2D eigenvalue weighted by Gasteiger charge is 2.48. The summed E-state index contributed by atoms with van der Waals surface area (Å²) >= 11 is 8.20. The van der Waals surface area contributed by atoms with Crippen LogP contribution < -0.4 is 26.6 Å². The fraction of sp³-hybridized carbons (Fsp3) is 0.923. The van der Waals surface area contributed by atoms with Gasteiger partial charge in [-0.3, -0.25) is 25.5 Å². The molecule has 11 nitrogen and oxygen atoms in total. The van der Waals surface area contributed by atoms with Crippen LogP contribution in [0.4, 0.5) is 0 Å². The first-order valence-corrected chi connectivity index (χ1v) is 15.6. The quantitative estimate of drug-likeness (QED) is 0.206. The molecule has 2 amide bonds.